The number of hydrogen-bond acceptors (Lipinski definition) is 4. The van der Waals surface area contributed by atoms with Crippen molar-refractivity contribution >= 4 is 11.8 Å². The SMILES string of the molecule is NC(=O)C(=O)NCCCCCc1ccccc1CCCOc1cccc(O)c1. The summed E-state index contributed by atoms with van der Waals surface area (Å²) >= 11 is 0. The highest BCUT2D eigenvalue weighted by molar-refractivity contribution is 6.34. The Balaban J connectivity index is 1.67. The van der Waals surface area contributed by atoms with Crippen LogP contribution < -0.4 is 15.8 Å². The van der Waals surface area contributed by atoms with Gasteiger partial charge in [0.05, 0.1) is 6.61 Å². The van der Waals surface area contributed by atoms with Gasteiger partial charge in [-0.3, -0.25) is 9.59 Å². The summed E-state index contributed by atoms with van der Waals surface area (Å²) in [4.78, 5) is 21.7. The second-order valence-electron chi connectivity index (χ2n) is 6.65. The lowest BCUT2D eigenvalue weighted by atomic mass is 9.98. The smallest absolute Gasteiger partial charge is 0.309 e. The summed E-state index contributed by atoms with van der Waals surface area (Å²) in [6.07, 6.45) is 5.61. The number of nitrogens with two attached hydrogens (primary N) is 1. The zero-order chi connectivity index (χ0) is 20.2. The number of primary amides is 1. The largest absolute Gasteiger partial charge is 0.508 e. The number of unbranched alkanes of at least 4 members (excludes halogenated alkanes) is 2. The number of aromatic hydroxyl groups is 1. The highest BCUT2D eigenvalue weighted by Gasteiger charge is 2.06. The fraction of sp³-hybridized carbons (Fsp3) is 0.364. The van der Waals surface area contributed by atoms with Crippen LogP contribution in [0.15, 0.2) is 48.5 Å². The standard InChI is InChI=1S/C22H28N2O4/c23-21(26)22(27)24-14-5-1-2-8-17-9-3-4-10-18(17)11-7-15-28-20-13-6-12-19(25)16-20/h3-4,6,9-10,12-13,16,25H,1-2,5,7-8,11,14-15H2,(H2,23,26)(H,24,27). The number of rotatable bonds is 11. The highest BCUT2D eigenvalue weighted by Crippen LogP contribution is 2.19. The fourth-order valence-electron chi connectivity index (χ4n) is 2.98. The molecule has 0 unspecified atom stereocenters. The quantitative estimate of drug-likeness (QED) is 0.409. The third kappa shape index (κ3) is 7.70. The Morgan fingerprint density at radius 3 is 2.32 bits per heavy atom. The van der Waals surface area contributed by atoms with Crippen molar-refractivity contribution < 1.29 is 19.4 Å². The summed E-state index contributed by atoms with van der Waals surface area (Å²) in [5, 5.41) is 12.0. The zero-order valence-corrected chi connectivity index (χ0v) is 16.0. The lowest BCUT2D eigenvalue weighted by Crippen LogP contribution is -2.36. The Hall–Kier alpha value is -3.02. The van der Waals surface area contributed by atoms with Crippen LogP contribution in [0.5, 0.6) is 11.5 Å². The van der Waals surface area contributed by atoms with Crippen LogP contribution in [0.4, 0.5) is 0 Å². The van der Waals surface area contributed by atoms with E-state index in [-0.39, 0.29) is 5.75 Å². The van der Waals surface area contributed by atoms with Crippen molar-refractivity contribution in [1.29, 1.82) is 0 Å². The Morgan fingerprint density at radius 1 is 0.929 bits per heavy atom. The van der Waals surface area contributed by atoms with Crippen LogP contribution >= 0.6 is 0 Å². The van der Waals surface area contributed by atoms with E-state index in [9.17, 15) is 14.7 Å². The molecular formula is C22H28N2O4. The van der Waals surface area contributed by atoms with Crippen molar-refractivity contribution in [2.75, 3.05) is 13.2 Å². The van der Waals surface area contributed by atoms with Crippen molar-refractivity contribution in [3.63, 3.8) is 0 Å². The van der Waals surface area contributed by atoms with Gasteiger partial charge in [0, 0.05) is 12.6 Å². The topological polar surface area (TPSA) is 102 Å². The summed E-state index contributed by atoms with van der Waals surface area (Å²) < 4.78 is 5.68. The first kappa shape index (κ1) is 21.3. The Morgan fingerprint density at radius 2 is 1.64 bits per heavy atom. The van der Waals surface area contributed by atoms with Crippen molar-refractivity contribution in [3.05, 3.63) is 59.7 Å². The molecule has 2 aromatic carbocycles. The van der Waals surface area contributed by atoms with E-state index in [1.165, 1.54) is 11.1 Å². The lowest BCUT2D eigenvalue weighted by Gasteiger charge is -2.11. The summed E-state index contributed by atoms with van der Waals surface area (Å²) in [7, 11) is 0. The van der Waals surface area contributed by atoms with Crippen LogP contribution in [-0.4, -0.2) is 30.1 Å². The number of aryl methyl sites for hydroxylation is 2. The van der Waals surface area contributed by atoms with Gasteiger partial charge in [0.25, 0.3) is 0 Å². The monoisotopic (exact) mass is 384 g/mol. The molecule has 0 aliphatic carbocycles. The third-order valence-electron chi connectivity index (χ3n) is 4.43. The molecule has 0 atom stereocenters. The van der Waals surface area contributed by atoms with Crippen molar-refractivity contribution in [3.8, 4) is 11.5 Å². The van der Waals surface area contributed by atoms with E-state index in [1.54, 1.807) is 18.2 Å². The molecule has 2 rings (SSSR count). The van der Waals surface area contributed by atoms with Gasteiger partial charge in [-0.1, -0.05) is 36.8 Å². The first-order valence-corrected chi connectivity index (χ1v) is 9.62. The van der Waals surface area contributed by atoms with Gasteiger partial charge in [-0.2, -0.15) is 0 Å². The molecule has 0 heterocycles. The molecule has 0 spiro atoms. The van der Waals surface area contributed by atoms with Crippen molar-refractivity contribution in [2.45, 2.75) is 38.5 Å². The van der Waals surface area contributed by atoms with Crippen LogP contribution in [0.2, 0.25) is 0 Å². The molecule has 150 valence electrons. The van der Waals surface area contributed by atoms with Crippen LogP contribution in [0.25, 0.3) is 0 Å². The normalized spacial score (nSPS) is 10.4. The number of benzene rings is 2. The van der Waals surface area contributed by atoms with Crippen LogP contribution in [0, 0.1) is 0 Å². The molecule has 0 saturated carbocycles. The molecule has 28 heavy (non-hydrogen) atoms. The molecule has 6 nitrogen and oxygen atoms in total. The molecule has 0 aliphatic rings. The van der Waals surface area contributed by atoms with E-state index in [4.69, 9.17) is 10.5 Å². The van der Waals surface area contributed by atoms with Crippen molar-refractivity contribution in [1.82, 2.24) is 5.32 Å². The predicted molar refractivity (Wildman–Crippen MR) is 108 cm³/mol. The van der Waals surface area contributed by atoms with E-state index in [0.29, 0.717) is 18.9 Å². The number of phenols is 1. The minimum atomic E-state index is -0.943. The highest BCUT2D eigenvalue weighted by atomic mass is 16.5. The summed E-state index contributed by atoms with van der Waals surface area (Å²) in [6, 6.07) is 15.2. The molecule has 0 aromatic heterocycles. The van der Waals surface area contributed by atoms with Gasteiger partial charge in [0.15, 0.2) is 0 Å². The average Bonchev–Trinajstić information content (AvgIpc) is 2.68. The lowest BCUT2D eigenvalue weighted by molar-refractivity contribution is -0.137. The fourth-order valence-corrected chi connectivity index (χ4v) is 2.98. The van der Waals surface area contributed by atoms with Crippen LogP contribution in [0.3, 0.4) is 0 Å². The number of phenolic OH excluding ortho intramolecular Hbond substituents is 1. The number of hydrogen-bond donors (Lipinski definition) is 3. The maximum absolute atomic E-state index is 11.1. The Bertz CT molecular complexity index is 777. The van der Waals surface area contributed by atoms with Gasteiger partial charge in [0.1, 0.15) is 11.5 Å². The van der Waals surface area contributed by atoms with Gasteiger partial charge in [-0.05, 0) is 55.4 Å². The molecule has 4 N–H and O–H groups in total. The Labute approximate surface area is 165 Å². The number of nitrogens with one attached hydrogen (secondary N) is 1. The second kappa shape index (κ2) is 11.6. The first-order valence-electron chi connectivity index (χ1n) is 9.62. The maximum Gasteiger partial charge on any atom is 0.309 e. The van der Waals surface area contributed by atoms with Crippen LogP contribution in [-0.2, 0) is 22.4 Å². The average molecular weight is 384 g/mol. The molecule has 0 saturated heterocycles. The number of ether oxygens (including phenoxy) is 1. The second-order valence-corrected chi connectivity index (χ2v) is 6.65. The zero-order valence-electron chi connectivity index (χ0n) is 16.0. The number of amides is 2. The maximum atomic E-state index is 11.1. The molecule has 6 heteroatoms. The minimum absolute atomic E-state index is 0.206. The minimum Gasteiger partial charge on any atom is -0.508 e. The van der Waals surface area contributed by atoms with Gasteiger partial charge in [0.2, 0.25) is 0 Å². The van der Waals surface area contributed by atoms with Crippen molar-refractivity contribution in [2.24, 2.45) is 5.73 Å². The Kier molecular flexibility index (Phi) is 8.85. The number of carbonyl (C=O) groups excluding carboxylic acids is 2. The van der Waals surface area contributed by atoms with Gasteiger partial charge >= 0.3 is 11.8 Å². The molecule has 0 aliphatic heterocycles. The first-order chi connectivity index (χ1) is 13.6. The van der Waals surface area contributed by atoms with Gasteiger partial charge in [-0.25, -0.2) is 0 Å². The third-order valence-corrected chi connectivity index (χ3v) is 4.43. The van der Waals surface area contributed by atoms with E-state index in [1.807, 2.05) is 12.1 Å². The summed E-state index contributed by atoms with van der Waals surface area (Å²) in [6.45, 7) is 1.06. The van der Waals surface area contributed by atoms with Gasteiger partial charge < -0.3 is 20.9 Å². The number of carbonyl (C=O) groups is 2. The summed E-state index contributed by atoms with van der Waals surface area (Å²) in [5.41, 5.74) is 7.55. The molecule has 0 radical (unpaired) electrons. The van der Waals surface area contributed by atoms with E-state index < -0.39 is 11.8 Å². The molecule has 2 aromatic rings. The molecule has 0 fully saturated rings. The van der Waals surface area contributed by atoms with E-state index in [2.05, 4.69) is 23.5 Å². The van der Waals surface area contributed by atoms with E-state index in [0.717, 1.165) is 38.5 Å². The molecular weight excluding hydrogens is 356 g/mol. The van der Waals surface area contributed by atoms with Crippen LogP contribution in [0.1, 0.15) is 36.8 Å². The predicted octanol–water partition coefficient (Wildman–Crippen LogP) is 2.72. The van der Waals surface area contributed by atoms with Gasteiger partial charge in [-0.15, -0.1) is 0 Å². The summed E-state index contributed by atoms with van der Waals surface area (Å²) in [5.74, 6) is -0.783. The molecule has 2 amide bonds. The molecule has 0 bridgehead atoms. The van der Waals surface area contributed by atoms with E-state index >= 15 is 0 Å².